The predicted molar refractivity (Wildman–Crippen MR) is 119 cm³/mol. The van der Waals surface area contributed by atoms with Crippen molar-refractivity contribution in [2.75, 3.05) is 39.3 Å². The minimum Gasteiger partial charge on any atom is -0.330 e. The van der Waals surface area contributed by atoms with E-state index in [9.17, 15) is 0 Å². The fourth-order valence-electron chi connectivity index (χ4n) is 3.18. The first kappa shape index (κ1) is 24.1. The number of nitrogens with one attached hydrogen (secondary N) is 3. The molecule has 0 atom stereocenters. The second kappa shape index (κ2) is 19.8. The van der Waals surface area contributed by atoms with E-state index in [1.807, 2.05) is 0 Å². The quantitative estimate of drug-likeness (QED) is 0.261. The number of hydrogen-bond acceptors (Lipinski definition) is 4. The van der Waals surface area contributed by atoms with Crippen molar-refractivity contribution in [3.05, 3.63) is 35.9 Å². The number of benzene rings is 1. The molecule has 0 aromatic heterocycles. The molecule has 1 aromatic rings. The summed E-state index contributed by atoms with van der Waals surface area (Å²) in [4.78, 5) is 0. The summed E-state index contributed by atoms with van der Waals surface area (Å²) >= 11 is 0. The zero-order chi connectivity index (χ0) is 19.3. The number of unbranched alkanes of at least 4 members (excludes halogenated alkanes) is 7. The standard InChI is InChI=1S/C23H44N4/c24-16-8-11-19-25-17-9-3-1-2-4-10-18-26-20-12-13-21-27-22-23-14-6-5-7-15-23/h5-7,14-15,25-27H,1-4,8-13,16-22,24H2. The third-order valence-corrected chi connectivity index (χ3v) is 4.89. The minimum absolute atomic E-state index is 0.822. The van der Waals surface area contributed by atoms with E-state index in [1.54, 1.807) is 0 Å². The maximum absolute atomic E-state index is 5.48. The zero-order valence-corrected chi connectivity index (χ0v) is 17.5. The van der Waals surface area contributed by atoms with E-state index in [-0.39, 0.29) is 0 Å². The summed E-state index contributed by atoms with van der Waals surface area (Å²) in [6.45, 7) is 7.56. The van der Waals surface area contributed by atoms with Gasteiger partial charge >= 0.3 is 0 Å². The SMILES string of the molecule is NCCCCNCCCCCCCCNCCCCNCc1ccccc1. The van der Waals surface area contributed by atoms with Crippen LogP contribution in [0.5, 0.6) is 0 Å². The van der Waals surface area contributed by atoms with Crippen molar-refractivity contribution < 1.29 is 0 Å². The first-order valence-electron chi connectivity index (χ1n) is 11.3. The Morgan fingerprint density at radius 3 is 1.52 bits per heavy atom. The van der Waals surface area contributed by atoms with Crippen LogP contribution in [0.3, 0.4) is 0 Å². The van der Waals surface area contributed by atoms with Gasteiger partial charge in [0.25, 0.3) is 0 Å². The van der Waals surface area contributed by atoms with Gasteiger partial charge in [-0.15, -0.1) is 0 Å². The van der Waals surface area contributed by atoms with E-state index in [0.717, 1.165) is 39.1 Å². The lowest BCUT2D eigenvalue weighted by Crippen LogP contribution is -2.19. The molecule has 0 saturated heterocycles. The normalized spacial score (nSPS) is 11.1. The first-order chi connectivity index (χ1) is 13.4. The fraction of sp³-hybridized carbons (Fsp3) is 0.739. The molecule has 4 nitrogen and oxygen atoms in total. The van der Waals surface area contributed by atoms with E-state index >= 15 is 0 Å². The summed E-state index contributed by atoms with van der Waals surface area (Å²) in [5, 5.41) is 10.6. The Labute approximate surface area is 168 Å². The van der Waals surface area contributed by atoms with Gasteiger partial charge in [-0.2, -0.15) is 0 Å². The maximum atomic E-state index is 5.48. The molecule has 0 fully saturated rings. The summed E-state index contributed by atoms with van der Waals surface area (Å²) in [6, 6.07) is 10.6. The second-order valence-corrected chi connectivity index (χ2v) is 7.49. The summed E-state index contributed by atoms with van der Waals surface area (Å²) in [7, 11) is 0. The van der Waals surface area contributed by atoms with Crippen LogP contribution in [-0.2, 0) is 6.54 Å². The smallest absolute Gasteiger partial charge is 0.0205 e. The molecule has 0 amide bonds. The first-order valence-corrected chi connectivity index (χ1v) is 11.3. The van der Waals surface area contributed by atoms with Crippen LogP contribution in [0.4, 0.5) is 0 Å². The molecule has 0 spiro atoms. The average molecular weight is 377 g/mol. The molecule has 0 bridgehead atoms. The number of nitrogens with two attached hydrogens (primary N) is 1. The van der Waals surface area contributed by atoms with Crippen molar-refractivity contribution in [1.82, 2.24) is 16.0 Å². The lowest BCUT2D eigenvalue weighted by atomic mass is 10.1. The summed E-state index contributed by atoms with van der Waals surface area (Å²) in [6.07, 6.45) is 13.0. The third kappa shape index (κ3) is 16.9. The highest BCUT2D eigenvalue weighted by Gasteiger charge is 1.94. The highest BCUT2D eigenvalue weighted by Crippen LogP contribution is 2.04. The monoisotopic (exact) mass is 376 g/mol. The summed E-state index contributed by atoms with van der Waals surface area (Å²) in [5.74, 6) is 0. The topological polar surface area (TPSA) is 62.1 Å². The maximum Gasteiger partial charge on any atom is 0.0205 e. The minimum atomic E-state index is 0.822. The molecule has 0 unspecified atom stereocenters. The lowest BCUT2D eigenvalue weighted by Gasteiger charge is -2.07. The van der Waals surface area contributed by atoms with Crippen molar-refractivity contribution in [2.45, 2.75) is 70.8 Å². The molecule has 0 saturated carbocycles. The molecule has 4 heteroatoms. The van der Waals surface area contributed by atoms with Crippen LogP contribution in [0.15, 0.2) is 30.3 Å². The van der Waals surface area contributed by atoms with Crippen molar-refractivity contribution in [1.29, 1.82) is 0 Å². The van der Waals surface area contributed by atoms with Crippen LogP contribution in [-0.4, -0.2) is 39.3 Å². The van der Waals surface area contributed by atoms with Gasteiger partial charge in [0.15, 0.2) is 0 Å². The molecule has 0 aliphatic rings. The van der Waals surface area contributed by atoms with Gasteiger partial charge in [0.05, 0.1) is 0 Å². The van der Waals surface area contributed by atoms with Gasteiger partial charge in [0.1, 0.15) is 0 Å². The van der Waals surface area contributed by atoms with E-state index in [0.29, 0.717) is 0 Å². The van der Waals surface area contributed by atoms with Crippen LogP contribution < -0.4 is 21.7 Å². The van der Waals surface area contributed by atoms with Gasteiger partial charge in [-0.25, -0.2) is 0 Å². The summed E-state index contributed by atoms with van der Waals surface area (Å²) < 4.78 is 0. The molecular formula is C23H44N4. The summed E-state index contributed by atoms with van der Waals surface area (Å²) in [5.41, 5.74) is 6.85. The van der Waals surface area contributed by atoms with Gasteiger partial charge in [-0.1, -0.05) is 56.0 Å². The molecule has 5 N–H and O–H groups in total. The highest BCUT2D eigenvalue weighted by atomic mass is 14.9. The van der Waals surface area contributed by atoms with Gasteiger partial charge in [0.2, 0.25) is 0 Å². The molecule has 156 valence electrons. The molecule has 0 aliphatic heterocycles. The lowest BCUT2D eigenvalue weighted by molar-refractivity contribution is 0.534. The Hall–Kier alpha value is -0.940. The molecule has 0 radical (unpaired) electrons. The molecule has 1 aromatic carbocycles. The van der Waals surface area contributed by atoms with Crippen molar-refractivity contribution >= 4 is 0 Å². The Kier molecular flexibility index (Phi) is 17.7. The van der Waals surface area contributed by atoms with Gasteiger partial charge in [-0.05, 0) is 83.4 Å². The van der Waals surface area contributed by atoms with Crippen LogP contribution >= 0.6 is 0 Å². The average Bonchev–Trinajstić information content (AvgIpc) is 2.70. The molecule has 1 rings (SSSR count). The van der Waals surface area contributed by atoms with Crippen molar-refractivity contribution in [2.24, 2.45) is 5.73 Å². The van der Waals surface area contributed by atoms with Crippen LogP contribution in [0, 0.1) is 0 Å². The Morgan fingerprint density at radius 1 is 0.519 bits per heavy atom. The van der Waals surface area contributed by atoms with Crippen LogP contribution in [0.25, 0.3) is 0 Å². The van der Waals surface area contributed by atoms with E-state index in [4.69, 9.17) is 5.73 Å². The predicted octanol–water partition coefficient (Wildman–Crippen LogP) is 3.82. The van der Waals surface area contributed by atoms with Crippen LogP contribution in [0.2, 0.25) is 0 Å². The largest absolute Gasteiger partial charge is 0.330 e. The molecule has 0 heterocycles. The van der Waals surface area contributed by atoms with Gasteiger partial charge in [0, 0.05) is 6.54 Å². The van der Waals surface area contributed by atoms with E-state index in [2.05, 4.69) is 46.3 Å². The zero-order valence-electron chi connectivity index (χ0n) is 17.5. The Bertz CT molecular complexity index is 397. The van der Waals surface area contributed by atoms with Crippen LogP contribution in [0.1, 0.15) is 69.8 Å². The molecule has 27 heavy (non-hydrogen) atoms. The fourth-order valence-corrected chi connectivity index (χ4v) is 3.18. The van der Waals surface area contributed by atoms with E-state index < -0.39 is 0 Å². The second-order valence-electron chi connectivity index (χ2n) is 7.49. The van der Waals surface area contributed by atoms with E-state index in [1.165, 1.54) is 76.4 Å². The number of rotatable bonds is 20. The number of hydrogen-bond donors (Lipinski definition) is 4. The molecule has 0 aliphatic carbocycles. The Balaban J connectivity index is 1.67. The highest BCUT2D eigenvalue weighted by molar-refractivity contribution is 5.14. The Morgan fingerprint density at radius 2 is 0.963 bits per heavy atom. The van der Waals surface area contributed by atoms with Crippen molar-refractivity contribution in [3.63, 3.8) is 0 Å². The van der Waals surface area contributed by atoms with Gasteiger partial charge in [-0.3, -0.25) is 0 Å². The van der Waals surface area contributed by atoms with Gasteiger partial charge < -0.3 is 21.7 Å². The molecular weight excluding hydrogens is 332 g/mol. The van der Waals surface area contributed by atoms with Crippen molar-refractivity contribution in [3.8, 4) is 0 Å². The third-order valence-electron chi connectivity index (χ3n) is 4.89.